The third-order valence-electron chi connectivity index (χ3n) is 3.41. The van der Waals surface area contributed by atoms with E-state index in [4.69, 9.17) is 0 Å². The molecule has 2 rings (SSSR count). The van der Waals surface area contributed by atoms with Crippen LogP contribution in [-0.2, 0) is 14.8 Å². The van der Waals surface area contributed by atoms with Crippen LogP contribution in [0.1, 0.15) is 18.4 Å². The molecule has 1 aromatic carbocycles. The fourth-order valence-electron chi connectivity index (χ4n) is 1.99. The summed E-state index contributed by atoms with van der Waals surface area (Å²) in [5, 5.41) is 2.79. The number of sulfonamides is 1. The molecule has 0 saturated heterocycles. The summed E-state index contributed by atoms with van der Waals surface area (Å²) in [5.41, 5.74) is 1.63. The molecule has 0 radical (unpaired) electrons. The minimum Gasteiger partial charge on any atom is -0.354 e. The minimum absolute atomic E-state index is 0.0218. The first-order valence-corrected chi connectivity index (χ1v) is 9.45. The van der Waals surface area contributed by atoms with Crippen molar-refractivity contribution in [3.8, 4) is 0 Å². The van der Waals surface area contributed by atoms with E-state index >= 15 is 0 Å². The molecule has 1 fully saturated rings. The lowest BCUT2D eigenvalue weighted by atomic mass is 10.2. The van der Waals surface area contributed by atoms with Crippen molar-refractivity contribution in [1.82, 2.24) is 5.32 Å². The van der Waals surface area contributed by atoms with Crippen LogP contribution in [0.5, 0.6) is 0 Å². The van der Waals surface area contributed by atoms with Gasteiger partial charge in [-0.1, -0.05) is 22.0 Å². The van der Waals surface area contributed by atoms with Crippen LogP contribution in [0.4, 0.5) is 5.69 Å². The lowest BCUT2D eigenvalue weighted by Gasteiger charge is -2.23. The number of benzene rings is 1. The number of nitrogens with one attached hydrogen (secondary N) is 1. The largest absolute Gasteiger partial charge is 0.354 e. The van der Waals surface area contributed by atoms with Gasteiger partial charge < -0.3 is 5.32 Å². The number of carbonyl (C=O) groups is 1. The van der Waals surface area contributed by atoms with Crippen LogP contribution in [0.25, 0.3) is 0 Å². The van der Waals surface area contributed by atoms with E-state index in [0.717, 1.165) is 22.9 Å². The molecule has 21 heavy (non-hydrogen) atoms. The van der Waals surface area contributed by atoms with Gasteiger partial charge in [0.05, 0.1) is 18.5 Å². The Hall–Kier alpha value is -1.08. The Kier molecular flexibility index (Phi) is 4.93. The highest BCUT2D eigenvalue weighted by Crippen LogP contribution is 2.28. The number of hydrogen-bond acceptors (Lipinski definition) is 3. The zero-order chi connectivity index (χ0) is 15.6. The molecule has 0 atom stereocenters. The van der Waals surface area contributed by atoms with Crippen molar-refractivity contribution in [2.24, 2.45) is 5.92 Å². The SMILES string of the molecule is Cc1ccc(N(CCNC(=O)C2CC2)S(C)(=O)=O)cc1Br. The number of aryl methyl sites for hydroxylation is 1. The third kappa shape index (κ3) is 4.44. The molecular formula is C14H19BrN2O3S. The number of amides is 1. The Morgan fingerprint density at radius 2 is 2.10 bits per heavy atom. The molecule has 0 bridgehead atoms. The molecule has 1 N–H and O–H groups in total. The second-order valence-electron chi connectivity index (χ2n) is 5.33. The predicted octanol–water partition coefficient (Wildman–Crippen LogP) is 2.05. The molecule has 0 aromatic heterocycles. The Balaban J connectivity index is 2.07. The van der Waals surface area contributed by atoms with E-state index in [9.17, 15) is 13.2 Å². The summed E-state index contributed by atoms with van der Waals surface area (Å²) in [4.78, 5) is 11.6. The fourth-order valence-corrected chi connectivity index (χ4v) is 3.28. The van der Waals surface area contributed by atoms with E-state index in [-0.39, 0.29) is 18.4 Å². The first-order valence-electron chi connectivity index (χ1n) is 6.80. The van der Waals surface area contributed by atoms with Gasteiger partial charge in [0.15, 0.2) is 0 Å². The van der Waals surface area contributed by atoms with Crippen LogP contribution in [0.15, 0.2) is 22.7 Å². The predicted molar refractivity (Wildman–Crippen MR) is 86.8 cm³/mol. The average Bonchev–Trinajstić information content (AvgIpc) is 3.21. The standard InChI is InChI=1S/C14H19BrN2O3S/c1-10-3-6-12(9-13(10)15)17(21(2,19)20)8-7-16-14(18)11-4-5-11/h3,6,9,11H,4-5,7-8H2,1-2H3,(H,16,18). The summed E-state index contributed by atoms with van der Waals surface area (Å²) >= 11 is 3.41. The topological polar surface area (TPSA) is 66.5 Å². The molecule has 1 aliphatic carbocycles. The lowest BCUT2D eigenvalue weighted by Crippen LogP contribution is -2.38. The Morgan fingerprint density at radius 3 is 2.62 bits per heavy atom. The maximum Gasteiger partial charge on any atom is 0.232 e. The van der Waals surface area contributed by atoms with Gasteiger partial charge in [0.2, 0.25) is 15.9 Å². The quantitative estimate of drug-likeness (QED) is 0.828. The van der Waals surface area contributed by atoms with E-state index in [1.165, 1.54) is 10.6 Å². The van der Waals surface area contributed by atoms with E-state index < -0.39 is 10.0 Å². The fraction of sp³-hybridized carbons (Fsp3) is 0.500. The zero-order valence-electron chi connectivity index (χ0n) is 12.1. The number of anilines is 1. The van der Waals surface area contributed by atoms with E-state index in [2.05, 4.69) is 21.2 Å². The summed E-state index contributed by atoms with van der Waals surface area (Å²) < 4.78 is 26.1. The van der Waals surface area contributed by atoms with Crippen LogP contribution < -0.4 is 9.62 Å². The number of carbonyl (C=O) groups excluding carboxylic acids is 1. The van der Waals surface area contributed by atoms with Crippen LogP contribution in [0.2, 0.25) is 0 Å². The molecule has 5 nitrogen and oxygen atoms in total. The van der Waals surface area contributed by atoms with Gasteiger partial charge >= 0.3 is 0 Å². The molecule has 0 unspecified atom stereocenters. The Labute approximate surface area is 133 Å². The molecule has 1 aliphatic rings. The number of halogens is 1. The minimum atomic E-state index is -3.39. The van der Waals surface area contributed by atoms with Crippen molar-refractivity contribution in [3.05, 3.63) is 28.2 Å². The molecule has 1 aromatic rings. The van der Waals surface area contributed by atoms with Gasteiger partial charge in [-0.2, -0.15) is 0 Å². The van der Waals surface area contributed by atoms with Gasteiger partial charge in [0, 0.05) is 16.9 Å². The molecule has 1 saturated carbocycles. The molecule has 0 aliphatic heterocycles. The molecule has 116 valence electrons. The monoisotopic (exact) mass is 374 g/mol. The Morgan fingerprint density at radius 1 is 1.43 bits per heavy atom. The van der Waals surface area contributed by atoms with Gasteiger partial charge in [-0.15, -0.1) is 0 Å². The van der Waals surface area contributed by atoms with E-state index in [0.29, 0.717) is 12.2 Å². The van der Waals surface area contributed by atoms with Crippen molar-refractivity contribution < 1.29 is 13.2 Å². The van der Waals surface area contributed by atoms with Gasteiger partial charge in [-0.25, -0.2) is 8.42 Å². The summed E-state index contributed by atoms with van der Waals surface area (Å²) in [6.45, 7) is 2.48. The number of nitrogens with zero attached hydrogens (tertiary/aromatic N) is 1. The molecule has 0 heterocycles. The summed E-state index contributed by atoms with van der Waals surface area (Å²) in [7, 11) is -3.39. The summed E-state index contributed by atoms with van der Waals surface area (Å²) in [6, 6.07) is 5.41. The normalized spacial score (nSPS) is 14.8. The van der Waals surface area contributed by atoms with Crippen molar-refractivity contribution in [2.75, 3.05) is 23.7 Å². The van der Waals surface area contributed by atoms with Gasteiger partial charge in [-0.05, 0) is 37.5 Å². The van der Waals surface area contributed by atoms with Gasteiger partial charge in [0.1, 0.15) is 0 Å². The van der Waals surface area contributed by atoms with E-state index in [1.54, 1.807) is 12.1 Å². The van der Waals surface area contributed by atoms with Crippen molar-refractivity contribution in [1.29, 1.82) is 0 Å². The van der Waals surface area contributed by atoms with Crippen molar-refractivity contribution >= 4 is 37.5 Å². The third-order valence-corrected chi connectivity index (χ3v) is 5.45. The highest BCUT2D eigenvalue weighted by Gasteiger charge is 2.29. The van der Waals surface area contributed by atoms with Crippen LogP contribution in [0.3, 0.4) is 0 Å². The molecule has 1 amide bonds. The van der Waals surface area contributed by atoms with Gasteiger partial charge in [0.25, 0.3) is 0 Å². The maximum atomic E-state index is 11.9. The van der Waals surface area contributed by atoms with E-state index in [1.807, 2.05) is 13.0 Å². The van der Waals surface area contributed by atoms with Crippen molar-refractivity contribution in [2.45, 2.75) is 19.8 Å². The summed E-state index contributed by atoms with van der Waals surface area (Å²) in [5.74, 6) is 0.152. The highest BCUT2D eigenvalue weighted by molar-refractivity contribution is 9.10. The number of hydrogen-bond donors (Lipinski definition) is 1. The molecule has 0 spiro atoms. The number of rotatable bonds is 6. The highest BCUT2D eigenvalue weighted by atomic mass is 79.9. The lowest BCUT2D eigenvalue weighted by molar-refractivity contribution is -0.122. The van der Waals surface area contributed by atoms with Gasteiger partial charge in [-0.3, -0.25) is 9.10 Å². The molecule has 7 heteroatoms. The first-order chi connectivity index (χ1) is 9.79. The maximum absolute atomic E-state index is 11.9. The van der Waals surface area contributed by atoms with Crippen molar-refractivity contribution in [3.63, 3.8) is 0 Å². The smallest absolute Gasteiger partial charge is 0.232 e. The summed E-state index contributed by atoms with van der Waals surface area (Å²) in [6.07, 6.45) is 3.04. The Bertz CT molecular complexity index is 642. The van der Waals surface area contributed by atoms with Crippen LogP contribution in [-0.4, -0.2) is 33.7 Å². The average molecular weight is 375 g/mol. The second-order valence-corrected chi connectivity index (χ2v) is 8.10. The zero-order valence-corrected chi connectivity index (χ0v) is 14.5. The molecular weight excluding hydrogens is 356 g/mol. The first kappa shape index (κ1) is 16.3. The van der Waals surface area contributed by atoms with Crippen LogP contribution >= 0.6 is 15.9 Å². The second kappa shape index (κ2) is 6.36. The van der Waals surface area contributed by atoms with Crippen LogP contribution in [0, 0.1) is 12.8 Å².